The molecular weight excluding hydrogens is 292 g/mol. The molecule has 23 heavy (non-hydrogen) atoms. The van der Waals surface area contributed by atoms with Crippen LogP contribution in [0.5, 0.6) is 0 Å². The van der Waals surface area contributed by atoms with Crippen LogP contribution in [0, 0.1) is 0 Å². The molecule has 0 saturated carbocycles. The first-order valence-corrected chi connectivity index (χ1v) is 8.42. The van der Waals surface area contributed by atoms with E-state index in [9.17, 15) is 14.7 Å². The average Bonchev–Trinajstić information content (AvgIpc) is 2.53. The van der Waals surface area contributed by atoms with Crippen molar-refractivity contribution >= 4 is 17.6 Å². The fourth-order valence-electron chi connectivity index (χ4n) is 2.41. The second-order valence-corrected chi connectivity index (χ2v) is 5.67. The summed E-state index contributed by atoms with van der Waals surface area (Å²) in [5.74, 6) is -1.27. The number of hydrogen-bond acceptors (Lipinski definition) is 3. The molecule has 0 heterocycles. The van der Waals surface area contributed by atoms with E-state index in [0.717, 1.165) is 43.4 Å². The molecule has 1 rings (SSSR count). The van der Waals surface area contributed by atoms with E-state index < -0.39 is 12.0 Å². The number of unbranched alkanes of at least 4 members (excludes halogenated alkanes) is 3. The van der Waals surface area contributed by atoms with Crippen LogP contribution in [0.3, 0.4) is 0 Å². The number of carboxylic acids is 1. The van der Waals surface area contributed by atoms with Gasteiger partial charge in [-0.1, -0.05) is 51.3 Å². The lowest BCUT2D eigenvalue weighted by atomic mass is 10.1. The predicted octanol–water partition coefficient (Wildman–Crippen LogP) is 3.20. The Morgan fingerprint density at radius 2 is 1.87 bits per heavy atom. The standard InChI is InChI=1S/C18H28N2O3/c1-3-5-6-9-12-19-16(18(22)23)13-17(21)20-15-11-8-7-10-14(15)4-2/h7-8,10-11,16,19H,3-6,9,12-13H2,1-2H3,(H,20,21)(H,22,23). The molecule has 128 valence electrons. The summed E-state index contributed by atoms with van der Waals surface area (Å²) in [5.41, 5.74) is 1.80. The van der Waals surface area contributed by atoms with Crippen molar-refractivity contribution in [3.8, 4) is 0 Å². The van der Waals surface area contributed by atoms with Crippen molar-refractivity contribution in [3.63, 3.8) is 0 Å². The van der Waals surface area contributed by atoms with Crippen molar-refractivity contribution in [2.45, 2.75) is 58.4 Å². The fraction of sp³-hybridized carbons (Fsp3) is 0.556. The highest BCUT2D eigenvalue weighted by molar-refractivity contribution is 5.94. The molecule has 5 heteroatoms. The van der Waals surface area contributed by atoms with E-state index in [1.165, 1.54) is 0 Å². The number of amides is 1. The summed E-state index contributed by atoms with van der Waals surface area (Å²) >= 11 is 0. The number of aliphatic carboxylic acids is 1. The summed E-state index contributed by atoms with van der Waals surface area (Å²) in [6.45, 7) is 4.77. The third-order valence-electron chi connectivity index (χ3n) is 3.78. The smallest absolute Gasteiger partial charge is 0.321 e. The van der Waals surface area contributed by atoms with Gasteiger partial charge in [0, 0.05) is 5.69 Å². The minimum absolute atomic E-state index is 0.0683. The van der Waals surface area contributed by atoms with Gasteiger partial charge in [0.1, 0.15) is 6.04 Å². The van der Waals surface area contributed by atoms with E-state index in [-0.39, 0.29) is 12.3 Å². The summed E-state index contributed by atoms with van der Waals surface area (Å²) in [4.78, 5) is 23.4. The highest BCUT2D eigenvalue weighted by Gasteiger charge is 2.20. The molecule has 0 radical (unpaired) electrons. The number of anilines is 1. The second kappa shape index (κ2) is 10.8. The zero-order chi connectivity index (χ0) is 17.1. The van der Waals surface area contributed by atoms with Crippen LogP contribution in [0.2, 0.25) is 0 Å². The van der Waals surface area contributed by atoms with Crippen LogP contribution in [0.15, 0.2) is 24.3 Å². The van der Waals surface area contributed by atoms with Gasteiger partial charge in [-0.25, -0.2) is 0 Å². The molecule has 0 aliphatic carbocycles. The number of rotatable bonds is 11. The van der Waals surface area contributed by atoms with E-state index >= 15 is 0 Å². The Kier molecular flexibility index (Phi) is 8.98. The lowest BCUT2D eigenvalue weighted by molar-refractivity contribution is -0.141. The van der Waals surface area contributed by atoms with Gasteiger partial charge in [0.05, 0.1) is 6.42 Å². The molecule has 0 aromatic heterocycles. The van der Waals surface area contributed by atoms with Gasteiger partial charge in [-0.2, -0.15) is 0 Å². The Balaban J connectivity index is 2.49. The number of carbonyl (C=O) groups excluding carboxylic acids is 1. The van der Waals surface area contributed by atoms with Crippen LogP contribution < -0.4 is 10.6 Å². The molecule has 1 aromatic carbocycles. The number of para-hydroxylation sites is 1. The van der Waals surface area contributed by atoms with Gasteiger partial charge < -0.3 is 15.7 Å². The molecule has 0 aliphatic heterocycles. The van der Waals surface area contributed by atoms with Crippen LogP contribution in [-0.2, 0) is 16.0 Å². The average molecular weight is 320 g/mol. The highest BCUT2D eigenvalue weighted by Crippen LogP contribution is 2.15. The first-order valence-electron chi connectivity index (χ1n) is 8.42. The molecule has 5 nitrogen and oxygen atoms in total. The quantitative estimate of drug-likeness (QED) is 0.547. The van der Waals surface area contributed by atoms with Gasteiger partial charge in [-0.05, 0) is 31.0 Å². The monoisotopic (exact) mass is 320 g/mol. The molecule has 1 amide bonds. The topological polar surface area (TPSA) is 78.4 Å². The van der Waals surface area contributed by atoms with Crippen molar-refractivity contribution in [2.75, 3.05) is 11.9 Å². The summed E-state index contributed by atoms with van der Waals surface area (Å²) in [7, 11) is 0. The molecule has 3 N–H and O–H groups in total. The molecule has 0 saturated heterocycles. The molecule has 1 unspecified atom stereocenters. The third-order valence-corrected chi connectivity index (χ3v) is 3.78. The number of benzene rings is 1. The van der Waals surface area contributed by atoms with E-state index in [0.29, 0.717) is 6.54 Å². The second-order valence-electron chi connectivity index (χ2n) is 5.67. The minimum Gasteiger partial charge on any atom is -0.480 e. The Bertz CT molecular complexity index is 503. The van der Waals surface area contributed by atoms with Crippen molar-refractivity contribution in [2.24, 2.45) is 0 Å². The predicted molar refractivity (Wildman–Crippen MR) is 92.6 cm³/mol. The fourth-order valence-corrected chi connectivity index (χ4v) is 2.41. The number of carbonyl (C=O) groups is 2. The number of carboxylic acid groups (broad SMARTS) is 1. The largest absolute Gasteiger partial charge is 0.480 e. The van der Waals surface area contributed by atoms with Crippen LogP contribution in [0.4, 0.5) is 5.69 Å². The molecule has 1 atom stereocenters. The van der Waals surface area contributed by atoms with Crippen molar-refractivity contribution in [3.05, 3.63) is 29.8 Å². The number of nitrogens with one attached hydrogen (secondary N) is 2. The van der Waals surface area contributed by atoms with Gasteiger partial charge in [0.25, 0.3) is 0 Å². The summed E-state index contributed by atoms with van der Waals surface area (Å²) < 4.78 is 0. The van der Waals surface area contributed by atoms with Crippen LogP contribution in [-0.4, -0.2) is 29.6 Å². The minimum atomic E-state index is -0.987. The maximum atomic E-state index is 12.1. The molecule has 0 fully saturated rings. The molecule has 0 aliphatic rings. The molecule has 0 spiro atoms. The van der Waals surface area contributed by atoms with Gasteiger partial charge >= 0.3 is 5.97 Å². The lowest BCUT2D eigenvalue weighted by Gasteiger charge is -2.15. The van der Waals surface area contributed by atoms with E-state index in [1.807, 2.05) is 31.2 Å². The van der Waals surface area contributed by atoms with Gasteiger partial charge in [0.15, 0.2) is 0 Å². The highest BCUT2D eigenvalue weighted by atomic mass is 16.4. The van der Waals surface area contributed by atoms with E-state index in [2.05, 4.69) is 17.6 Å². The van der Waals surface area contributed by atoms with Gasteiger partial charge in [0.2, 0.25) is 5.91 Å². The number of hydrogen-bond donors (Lipinski definition) is 3. The Morgan fingerprint density at radius 1 is 1.13 bits per heavy atom. The molecule has 1 aromatic rings. The molecule has 0 bridgehead atoms. The maximum absolute atomic E-state index is 12.1. The van der Waals surface area contributed by atoms with Gasteiger partial charge in [-0.15, -0.1) is 0 Å². The van der Waals surface area contributed by atoms with Crippen LogP contribution in [0.1, 0.15) is 51.5 Å². The zero-order valence-electron chi connectivity index (χ0n) is 14.1. The SMILES string of the molecule is CCCCCCNC(CC(=O)Nc1ccccc1CC)C(=O)O. The Morgan fingerprint density at radius 3 is 2.52 bits per heavy atom. The van der Waals surface area contributed by atoms with Crippen LogP contribution >= 0.6 is 0 Å². The summed E-state index contributed by atoms with van der Waals surface area (Å²) in [6, 6.07) is 6.73. The van der Waals surface area contributed by atoms with Crippen molar-refractivity contribution < 1.29 is 14.7 Å². The molecular formula is C18H28N2O3. The summed E-state index contributed by atoms with van der Waals surface area (Å²) in [5, 5.41) is 15.0. The Hall–Kier alpha value is -1.88. The first-order chi connectivity index (χ1) is 11.1. The maximum Gasteiger partial charge on any atom is 0.321 e. The third kappa shape index (κ3) is 7.28. The summed E-state index contributed by atoms with van der Waals surface area (Å²) in [6.07, 6.45) is 5.04. The Labute approximate surface area is 138 Å². The normalized spacial score (nSPS) is 11.9. The van der Waals surface area contributed by atoms with E-state index in [4.69, 9.17) is 0 Å². The van der Waals surface area contributed by atoms with Crippen LogP contribution in [0.25, 0.3) is 0 Å². The lowest BCUT2D eigenvalue weighted by Crippen LogP contribution is -2.40. The first kappa shape index (κ1) is 19.2. The van der Waals surface area contributed by atoms with Crippen molar-refractivity contribution in [1.29, 1.82) is 0 Å². The zero-order valence-corrected chi connectivity index (χ0v) is 14.1. The van der Waals surface area contributed by atoms with Gasteiger partial charge in [-0.3, -0.25) is 9.59 Å². The van der Waals surface area contributed by atoms with E-state index in [1.54, 1.807) is 0 Å². The number of aryl methyl sites for hydroxylation is 1. The van der Waals surface area contributed by atoms with Crippen molar-refractivity contribution in [1.82, 2.24) is 5.32 Å².